The molecule has 1 fully saturated rings. The number of hydrogen-bond donors (Lipinski definition) is 6. The second-order valence-electron chi connectivity index (χ2n) is 10.6. The molecular formula is C30H30N2O8. The largest absolute Gasteiger partial charge is 0.508 e. The molecule has 10 heteroatoms. The zero-order valence-electron chi connectivity index (χ0n) is 21.9. The average molecular weight is 547 g/mol. The van der Waals surface area contributed by atoms with Crippen LogP contribution in [0.2, 0.25) is 0 Å². The molecule has 1 saturated carbocycles. The molecule has 0 radical (unpaired) electrons. The van der Waals surface area contributed by atoms with E-state index in [0.717, 1.165) is 12.8 Å². The molecule has 10 nitrogen and oxygen atoms in total. The van der Waals surface area contributed by atoms with Gasteiger partial charge in [0, 0.05) is 30.0 Å². The van der Waals surface area contributed by atoms with Gasteiger partial charge in [-0.3, -0.25) is 19.2 Å². The lowest BCUT2D eigenvalue weighted by molar-refractivity contribution is -0.147. The van der Waals surface area contributed by atoms with E-state index >= 15 is 0 Å². The van der Waals surface area contributed by atoms with E-state index in [0.29, 0.717) is 28.8 Å². The highest BCUT2D eigenvalue weighted by molar-refractivity contribution is 6.22. The van der Waals surface area contributed by atoms with Crippen molar-refractivity contribution in [2.24, 2.45) is 17.6 Å². The van der Waals surface area contributed by atoms with Crippen molar-refractivity contribution in [1.29, 1.82) is 0 Å². The van der Waals surface area contributed by atoms with Crippen LogP contribution in [0.4, 0.5) is 0 Å². The molecule has 0 unspecified atom stereocenters. The lowest BCUT2D eigenvalue weighted by Gasteiger charge is -2.46. The molecule has 40 heavy (non-hydrogen) atoms. The predicted octanol–water partition coefficient (Wildman–Crippen LogP) is 2.62. The monoisotopic (exact) mass is 546 g/mol. The third-order valence-electron chi connectivity index (χ3n) is 8.20. The Balaban J connectivity index is 1.60. The summed E-state index contributed by atoms with van der Waals surface area (Å²) in [4.78, 5) is 50.7. The minimum atomic E-state index is -2.61. The van der Waals surface area contributed by atoms with Crippen LogP contribution >= 0.6 is 0 Å². The maximum absolute atomic E-state index is 13.7. The number of nitrogens with one attached hydrogen (secondary N) is 1. The summed E-state index contributed by atoms with van der Waals surface area (Å²) in [6.45, 7) is 2.58. The fraction of sp³-hybridized carbons (Fsp3) is 0.333. The molecule has 5 rings (SSSR count). The van der Waals surface area contributed by atoms with Crippen molar-refractivity contribution in [3.63, 3.8) is 0 Å². The van der Waals surface area contributed by atoms with Crippen molar-refractivity contribution in [3.8, 4) is 16.9 Å². The van der Waals surface area contributed by atoms with Gasteiger partial charge in [-0.25, -0.2) is 0 Å². The summed E-state index contributed by atoms with van der Waals surface area (Å²) in [5, 5.41) is 47.0. The molecular weight excluding hydrogens is 516 g/mol. The first-order valence-electron chi connectivity index (χ1n) is 13.2. The number of Topliss-reactive ketones (excluding diaryl/α,β-unsaturated/α-hetero) is 2. The number of phenols is 1. The molecule has 0 spiro atoms. The number of phenolic OH excluding ortho intramolecular Hbond substituents is 1. The number of ketones is 2. The van der Waals surface area contributed by atoms with Crippen LogP contribution in [-0.4, -0.2) is 56.0 Å². The number of carbonyl (C=O) groups excluding carboxylic acids is 4. The maximum atomic E-state index is 13.7. The van der Waals surface area contributed by atoms with Crippen LogP contribution in [-0.2, 0) is 20.8 Å². The number of rotatable bonds is 6. The number of primary amides is 1. The van der Waals surface area contributed by atoms with Crippen LogP contribution in [0.15, 0.2) is 53.3 Å². The Morgan fingerprint density at radius 2 is 1.85 bits per heavy atom. The van der Waals surface area contributed by atoms with E-state index in [9.17, 15) is 39.6 Å². The van der Waals surface area contributed by atoms with E-state index in [1.54, 1.807) is 30.3 Å². The lowest BCUT2D eigenvalue weighted by atomic mass is 9.59. The highest BCUT2D eigenvalue weighted by Gasteiger charge is 2.60. The van der Waals surface area contributed by atoms with Gasteiger partial charge in [-0.1, -0.05) is 31.5 Å². The summed E-state index contributed by atoms with van der Waals surface area (Å²) in [5.41, 5.74) is 3.86. The standard InChI is InChI=1S/C30H30N2O8/c1-2-3-9-32-29(39)15-6-4-5-14(10-15)18-7-8-20(33)23-19(18)12-16-11-17-13-21(34)24(28(31)38)27(37)30(17,40)26(36)22(16)25(23)35/h4-8,10,16-17,33,35,37,40H,2-3,9,11-13H2,1H3,(H2,31,38)(H,32,39)/t16-,17+,30+/m1/s1. The Morgan fingerprint density at radius 1 is 1.10 bits per heavy atom. The van der Waals surface area contributed by atoms with Gasteiger partial charge in [0.05, 0.1) is 5.56 Å². The normalized spacial score (nSPS) is 23.9. The van der Waals surface area contributed by atoms with E-state index in [-0.39, 0.29) is 42.1 Å². The van der Waals surface area contributed by atoms with Crippen LogP contribution in [0.1, 0.15) is 54.1 Å². The molecule has 2 amide bonds. The van der Waals surface area contributed by atoms with Crippen molar-refractivity contribution in [2.75, 3.05) is 6.54 Å². The molecule has 2 aromatic rings. The fourth-order valence-corrected chi connectivity index (χ4v) is 6.20. The van der Waals surface area contributed by atoms with E-state index in [4.69, 9.17) is 5.73 Å². The van der Waals surface area contributed by atoms with Gasteiger partial charge in [-0.15, -0.1) is 0 Å². The number of aromatic hydroxyl groups is 1. The Hall–Kier alpha value is -4.44. The molecule has 3 aliphatic carbocycles. The molecule has 3 atom stereocenters. The first-order chi connectivity index (χ1) is 19.0. The van der Waals surface area contributed by atoms with Crippen molar-refractivity contribution in [3.05, 3.63) is 70.0 Å². The summed E-state index contributed by atoms with van der Waals surface area (Å²) in [5.74, 6) is -6.96. The predicted molar refractivity (Wildman–Crippen MR) is 144 cm³/mol. The Labute approximate surface area is 229 Å². The number of nitrogens with two attached hydrogens (primary N) is 1. The molecule has 0 saturated heterocycles. The highest BCUT2D eigenvalue weighted by Crippen LogP contribution is 2.53. The summed E-state index contributed by atoms with van der Waals surface area (Å²) in [6.07, 6.45) is 1.62. The van der Waals surface area contributed by atoms with Gasteiger partial charge in [0.1, 0.15) is 22.8 Å². The van der Waals surface area contributed by atoms with Crippen molar-refractivity contribution >= 4 is 29.1 Å². The number of fused-ring (bicyclic) bond motifs is 3. The van der Waals surface area contributed by atoms with Gasteiger partial charge < -0.3 is 31.5 Å². The van der Waals surface area contributed by atoms with E-state index in [1.807, 2.05) is 6.92 Å². The first-order valence-corrected chi connectivity index (χ1v) is 13.2. The van der Waals surface area contributed by atoms with Crippen LogP contribution in [0.25, 0.3) is 16.9 Å². The Morgan fingerprint density at radius 3 is 2.55 bits per heavy atom. The summed E-state index contributed by atoms with van der Waals surface area (Å²) < 4.78 is 0. The maximum Gasteiger partial charge on any atom is 0.255 e. The quantitative estimate of drug-likeness (QED) is 0.236. The summed E-state index contributed by atoms with van der Waals surface area (Å²) in [7, 11) is 0. The summed E-state index contributed by atoms with van der Waals surface area (Å²) in [6, 6.07) is 9.96. The number of amides is 2. The number of unbranched alkanes of at least 4 members (excludes halogenated alkanes) is 1. The number of aliphatic hydroxyl groups is 3. The highest BCUT2D eigenvalue weighted by atomic mass is 16.3. The number of hydrogen-bond acceptors (Lipinski definition) is 8. The molecule has 3 aliphatic rings. The zero-order valence-corrected chi connectivity index (χ0v) is 21.9. The first kappa shape index (κ1) is 27.1. The van der Waals surface area contributed by atoms with Crippen molar-refractivity contribution in [2.45, 2.75) is 44.6 Å². The van der Waals surface area contributed by atoms with Crippen LogP contribution in [0.3, 0.4) is 0 Å². The minimum absolute atomic E-state index is 0.00225. The molecule has 0 bridgehead atoms. The molecule has 7 N–H and O–H groups in total. The number of aliphatic hydroxyl groups excluding tert-OH is 2. The minimum Gasteiger partial charge on any atom is -0.508 e. The van der Waals surface area contributed by atoms with E-state index in [1.165, 1.54) is 6.07 Å². The molecule has 208 valence electrons. The van der Waals surface area contributed by atoms with E-state index in [2.05, 4.69) is 5.32 Å². The van der Waals surface area contributed by atoms with Crippen LogP contribution in [0, 0.1) is 11.8 Å². The second-order valence-corrected chi connectivity index (χ2v) is 10.6. The van der Waals surface area contributed by atoms with Gasteiger partial charge in [-0.2, -0.15) is 0 Å². The van der Waals surface area contributed by atoms with Gasteiger partial charge in [0.2, 0.25) is 5.78 Å². The average Bonchev–Trinajstić information content (AvgIpc) is 2.90. The van der Waals surface area contributed by atoms with Gasteiger partial charge in [-0.05, 0) is 60.1 Å². The van der Waals surface area contributed by atoms with Crippen molar-refractivity contribution < 1.29 is 39.6 Å². The van der Waals surface area contributed by atoms with Gasteiger partial charge in [0.25, 0.3) is 11.8 Å². The Kier molecular flexibility index (Phi) is 6.75. The third kappa shape index (κ3) is 4.06. The molecule has 0 aromatic heterocycles. The Bertz CT molecular complexity index is 1540. The fourth-order valence-electron chi connectivity index (χ4n) is 6.20. The van der Waals surface area contributed by atoms with Crippen LogP contribution < -0.4 is 11.1 Å². The summed E-state index contributed by atoms with van der Waals surface area (Å²) >= 11 is 0. The smallest absolute Gasteiger partial charge is 0.255 e. The third-order valence-corrected chi connectivity index (χ3v) is 8.20. The number of carbonyl (C=O) groups is 4. The molecule has 2 aromatic carbocycles. The molecule has 0 heterocycles. The van der Waals surface area contributed by atoms with E-state index < -0.39 is 52.0 Å². The SMILES string of the molecule is CCCCNC(=O)c1cccc(-c2ccc(O)c3c2C[C@H]2C[C@H]4CC(=O)C(C(N)=O)=C(O)[C@@]4(O)C(=O)C2=C3O)c1. The molecule has 0 aliphatic heterocycles. The number of benzene rings is 2. The van der Waals surface area contributed by atoms with Gasteiger partial charge in [0.15, 0.2) is 11.4 Å². The topological polar surface area (TPSA) is 187 Å². The van der Waals surface area contributed by atoms with Crippen LogP contribution in [0.5, 0.6) is 5.75 Å². The van der Waals surface area contributed by atoms with Crippen molar-refractivity contribution in [1.82, 2.24) is 5.32 Å². The second kappa shape index (κ2) is 9.95. The zero-order chi connectivity index (χ0) is 28.9. The van der Waals surface area contributed by atoms with Gasteiger partial charge >= 0.3 is 0 Å². The lowest BCUT2D eigenvalue weighted by Crippen LogP contribution is -2.58.